The summed E-state index contributed by atoms with van der Waals surface area (Å²) in [5.74, 6) is -4.78. The normalized spacial score (nSPS) is 19.2. The first-order chi connectivity index (χ1) is 18.2. The minimum absolute atomic E-state index is 0.0315. The van der Waals surface area contributed by atoms with E-state index in [1.807, 2.05) is 0 Å². The highest BCUT2D eigenvalue weighted by molar-refractivity contribution is 5.97. The number of rotatable bonds is 5. The van der Waals surface area contributed by atoms with E-state index in [2.05, 4.69) is 5.10 Å². The maximum atomic E-state index is 15.3. The number of halogens is 3. The lowest BCUT2D eigenvalue weighted by atomic mass is 9.79. The maximum absolute atomic E-state index is 15.3. The van der Waals surface area contributed by atoms with Gasteiger partial charge in [0.15, 0.2) is 17.3 Å². The van der Waals surface area contributed by atoms with Crippen LogP contribution >= 0.6 is 0 Å². The lowest BCUT2D eigenvalue weighted by molar-refractivity contribution is 0.0543. The molecule has 1 saturated heterocycles. The summed E-state index contributed by atoms with van der Waals surface area (Å²) < 4.78 is 55.0. The summed E-state index contributed by atoms with van der Waals surface area (Å²) in [6.07, 6.45) is 0.303. The Morgan fingerprint density at radius 3 is 2.53 bits per heavy atom. The van der Waals surface area contributed by atoms with Gasteiger partial charge in [-0.3, -0.25) is 9.59 Å². The van der Waals surface area contributed by atoms with Gasteiger partial charge in [0.1, 0.15) is 5.82 Å². The van der Waals surface area contributed by atoms with Gasteiger partial charge in [0.2, 0.25) is 11.2 Å². The van der Waals surface area contributed by atoms with Gasteiger partial charge in [0.05, 0.1) is 24.4 Å². The monoisotopic (exact) mass is 527 g/mol. The molecule has 11 heteroatoms. The van der Waals surface area contributed by atoms with Crippen LogP contribution in [-0.4, -0.2) is 45.4 Å². The molecule has 3 atom stereocenters. The van der Waals surface area contributed by atoms with Crippen molar-refractivity contribution in [2.45, 2.75) is 50.8 Å². The van der Waals surface area contributed by atoms with Crippen molar-refractivity contribution in [2.75, 3.05) is 6.54 Å². The van der Waals surface area contributed by atoms with Gasteiger partial charge in [-0.15, -0.1) is 0 Å². The lowest BCUT2D eigenvalue weighted by Gasteiger charge is -2.42. The molecule has 1 amide bonds. The fourth-order valence-electron chi connectivity index (χ4n) is 5.32. The zero-order chi connectivity index (χ0) is 27.1. The summed E-state index contributed by atoms with van der Waals surface area (Å²) in [5.41, 5.74) is -0.714. The first-order valence-corrected chi connectivity index (χ1v) is 12.2. The zero-order valence-electron chi connectivity index (χ0n) is 20.6. The van der Waals surface area contributed by atoms with Gasteiger partial charge >= 0.3 is 6.16 Å². The average Bonchev–Trinajstić information content (AvgIpc) is 3.36. The summed E-state index contributed by atoms with van der Waals surface area (Å²) in [4.78, 5) is 40.2. The van der Waals surface area contributed by atoms with E-state index in [1.165, 1.54) is 46.0 Å². The number of carbonyl (C=O) groups excluding carboxylic acids is 2. The minimum Gasteiger partial charge on any atom is -0.431 e. The van der Waals surface area contributed by atoms with Gasteiger partial charge in [-0.1, -0.05) is 24.3 Å². The third-order valence-electron chi connectivity index (χ3n) is 6.81. The number of aromatic nitrogens is 2. The lowest BCUT2D eigenvalue weighted by Crippen LogP contribution is -2.51. The Kier molecular flexibility index (Phi) is 6.68. The highest BCUT2D eigenvalue weighted by Crippen LogP contribution is 2.46. The average molecular weight is 527 g/mol. The molecule has 0 unspecified atom stereocenters. The van der Waals surface area contributed by atoms with Gasteiger partial charge < -0.3 is 14.4 Å². The van der Waals surface area contributed by atoms with Crippen LogP contribution in [0, 0.1) is 17.5 Å². The Balaban J connectivity index is 1.75. The van der Waals surface area contributed by atoms with Crippen LogP contribution in [0.2, 0.25) is 0 Å². The van der Waals surface area contributed by atoms with Crippen molar-refractivity contribution in [1.29, 1.82) is 0 Å². The van der Waals surface area contributed by atoms with E-state index in [1.54, 1.807) is 13.8 Å². The Hall–Kier alpha value is -4.15. The molecule has 3 aromatic rings. The van der Waals surface area contributed by atoms with E-state index < -0.39 is 64.8 Å². The third kappa shape index (κ3) is 4.42. The SMILES string of the molecule is CC(C)OC(=O)Oc1c2n(ncc1=O)[C@@H]([C@H](c1ccc(F)cc1)c1cccc(F)c1F)[C@H]1CCCN1C2=O. The van der Waals surface area contributed by atoms with Gasteiger partial charge in [-0.05, 0) is 50.5 Å². The number of fused-ring (bicyclic) bond motifs is 2. The number of amides is 1. The second kappa shape index (κ2) is 9.96. The molecule has 0 bridgehead atoms. The van der Waals surface area contributed by atoms with Crippen LogP contribution < -0.4 is 10.2 Å². The molecule has 1 aromatic heterocycles. The van der Waals surface area contributed by atoms with E-state index >= 15 is 4.39 Å². The molecule has 8 nitrogen and oxygen atoms in total. The van der Waals surface area contributed by atoms with E-state index in [4.69, 9.17) is 9.47 Å². The Morgan fingerprint density at radius 2 is 1.82 bits per heavy atom. The highest BCUT2D eigenvalue weighted by Gasteiger charge is 2.49. The van der Waals surface area contributed by atoms with Gasteiger partial charge in [-0.25, -0.2) is 22.6 Å². The molecule has 0 N–H and O–H groups in total. The highest BCUT2D eigenvalue weighted by atomic mass is 19.2. The molecule has 0 radical (unpaired) electrons. The number of carbonyl (C=O) groups is 2. The molecule has 198 valence electrons. The first-order valence-electron chi connectivity index (χ1n) is 12.2. The van der Waals surface area contributed by atoms with Crippen LogP contribution in [0.1, 0.15) is 60.3 Å². The summed E-state index contributed by atoms with van der Waals surface area (Å²) in [6.45, 7) is 3.51. The fourth-order valence-corrected chi connectivity index (χ4v) is 5.32. The molecule has 38 heavy (non-hydrogen) atoms. The molecule has 1 fully saturated rings. The van der Waals surface area contributed by atoms with Gasteiger partial charge in [0.25, 0.3) is 5.91 Å². The number of hydrogen-bond acceptors (Lipinski definition) is 6. The standard InChI is InChI=1S/C27H24F3N3O5/c1-14(2)37-27(36)38-25-20(34)13-31-33-23(19-7-4-12-32(19)26(35)24(25)33)21(15-8-10-16(28)11-9-15)17-5-3-6-18(29)22(17)30/h3,5-6,8-11,13-14,19,21,23H,4,7,12H2,1-2H3/t19-,21-,23-/m1/s1. The van der Waals surface area contributed by atoms with Crippen LogP contribution in [0.25, 0.3) is 0 Å². The molecule has 2 aliphatic heterocycles. The molecule has 0 saturated carbocycles. The van der Waals surface area contributed by atoms with Crippen LogP contribution in [0.5, 0.6) is 5.75 Å². The van der Waals surface area contributed by atoms with Crippen molar-refractivity contribution in [1.82, 2.24) is 14.7 Å². The molecule has 2 aromatic carbocycles. The Morgan fingerprint density at radius 1 is 1.08 bits per heavy atom. The third-order valence-corrected chi connectivity index (χ3v) is 6.81. The van der Waals surface area contributed by atoms with Crippen molar-refractivity contribution in [3.8, 4) is 5.75 Å². The van der Waals surface area contributed by atoms with E-state index in [0.29, 0.717) is 24.9 Å². The Labute approximate surface area is 215 Å². The summed E-state index contributed by atoms with van der Waals surface area (Å²) >= 11 is 0. The maximum Gasteiger partial charge on any atom is 0.514 e. The zero-order valence-corrected chi connectivity index (χ0v) is 20.6. The van der Waals surface area contributed by atoms with E-state index in [9.17, 15) is 23.2 Å². The van der Waals surface area contributed by atoms with Crippen molar-refractivity contribution < 1.29 is 32.2 Å². The molecular formula is C27H24F3N3O5. The molecule has 3 heterocycles. The number of benzene rings is 2. The molecule has 0 spiro atoms. The minimum atomic E-state index is -1.18. The van der Waals surface area contributed by atoms with Crippen molar-refractivity contribution in [3.63, 3.8) is 0 Å². The summed E-state index contributed by atoms with van der Waals surface area (Å²) in [5, 5.41) is 4.22. The van der Waals surface area contributed by atoms with Crippen LogP contribution in [0.4, 0.5) is 18.0 Å². The fraction of sp³-hybridized carbons (Fsp3) is 0.333. The van der Waals surface area contributed by atoms with Crippen LogP contribution in [0.3, 0.4) is 0 Å². The predicted octanol–water partition coefficient (Wildman–Crippen LogP) is 4.58. The first kappa shape index (κ1) is 25.5. The van der Waals surface area contributed by atoms with Crippen molar-refractivity contribution in [2.24, 2.45) is 0 Å². The second-order valence-corrected chi connectivity index (χ2v) is 9.52. The molecule has 0 aliphatic carbocycles. The second-order valence-electron chi connectivity index (χ2n) is 9.52. The smallest absolute Gasteiger partial charge is 0.431 e. The Bertz CT molecular complexity index is 1460. The largest absolute Gasteiger partial charge is 0.514 e. The van der Waals surface area contributed by atoms with Gasteiger partial charge in [-0.2, -0.15) is 5.10 Å². The number of ether oxygens (including phenoxy) is 2. The molecular weight excluding hydrogens is 503 g/mol. The van der Waals surface area contributed by atoms with Crippen molar-refractivity contribution in [3.05, 3.63) is 93.2 Å². The number of nitrogens with zero attached hydrogens (tertiary/aromatic N) is 3. The van der Waals surface area contributed by atoms with E-state index in [-0.39, 0.29) is 11.3 Å². The van der Waals surface area contributed by atoms with Crippen molar-refractivity contribution >= 4 is 12.1 Å². The van der Waals surface area contributed by atoms with E-state index in [0.717, 1.165) is 12.3 Å². The summed E-state index contributed by atoms with van der Waals surface area (Å²) in [7, 11) is 0. The molecule has 2 aliphatic rings. The van der Waals surface area contributed by atoms with Gasteiger partial charge in [0, 0.05) is 18.0 Å². The predicted molar refractivity (Wildman–Crippen MR) is 128 cm³/mol. The van der Waals surface area contributed by atoms with Crippen LogP contribution in [0.15, 0.2) is 53.5 Å². The van der Waals surface area contributed by atoms with Crippen LogP contribution in [-0.2, 0) is 4.74 Å². The summed E-state index contributed by atoms with van der Waals surface area (Å²) in [6, 6.07) is 7.73. The topological polar surface area (TPSA) is 90.7 Å². The quantitative estimate of drug-likeness (QED) is 0.452. The number of hydrogen-bond donors (Lipinski definition) is 0. The molecule has 5 rings (SSSR count).